The molecule has 36 heteroatoms. The zero-order valence-corrected chi connectivity index (χ0v) is 91.5. The molecule has 0 aromatic carbocycles. The van der Waals surface area contributed by atoms with Gasteiger partial charge >= 0.3 is 30.3 Å². The second-order valence-corrected chi connectivity index (χ2v) is 48.0. The number of methoxy groups -OCH3 is 6. The van der Waals surface area contributed by atoms with Gasteiger partial charge in [0.25, 0.3) is 0 Å². The van der Waals surface area contributed by atoms with E-state index in [1.54, 1.807) is 73.2 Å². The van der Waals surface area contributed by atoms with E-state index in [4.69, 9.17) is 104 Å². The van der Waals surface area contributed by atoms with E-state index < -0.39 is 47.4 Å². The molecule has 146 heavy (non-hydrogen) atoms. The third-order valence-electron chi connectivity index (χ3n) is 35.2. The number of nitrogens with zero attached hydrogens (tertiary/aromatic N) is 4. The lowest BCUT2D eigenvalue weighted by molar-refractivity contribution is -0.172. The van der Waals surface area contributed by atoms with Crippen molar-refractivity contribution in [1.29, 1.82) is 0 Å². The van der Waals surface area contributed by atoms with Crippen molar-refractivity contribution < 1.29 is 154 Å². The van der Waals surface area contributed by atoms with E-state index in [0.29, 0.717) is 130 Å². The number of aliphatic hydroxyl groups excluding tert-OH is 3. The number of epoxide rings is 10. The normalized spacial score (nSPS) is 42.5. The number of amides is 4. The molecule has 14 aliphatic heterocycles. The van der Waals surface area contributed by atoms with E-state index in [1.165, 1.54) is 37.7 Å². The molecule has 14 heterocycles. The Morgan fingerprint density at radius 1 is 0.384 bits per heavy atom. The van der Waals surface area contributed by atoms with E-state index in [-0.39, 0.29) is 202 Å². The molecular formula is C110H176N4O32. The number of likely N-dealkylation sites (tertiary alicyclic amines) is 4. The van der Waals surface area contributed by atoms with Gasteiger partial charge in [-0.15, -0.1) is 0 Å². The summed E-state index contributed by atoms with van der Waals surface area (Å²) in [6.45, 7) is 44.3. The van der Waals surface area contributed by atoms with Gasteiger partial charge < -0.3 is 144 Å². The topological polar surface area (TPSA) is 436 Å². The van der Waals surface area contributed by atoms with Crippen LogP contribution in [0, 0.1) is 29.6 Å². The molecule has 5 N–H and O–H groups in total. The first-order valence-corrected chi connectivity index (χ1v) is 54.0. The Morgan fingerprint density at radius 3 is 0.959 bits per heavy atom. The molecule has 19 rings (SSSR count). The summed E-state index contributed by atoms with van der Waals surface area (Å²) in [4.78, 5) is 69.2. The first kappa shape index (κ1) is 114. The fourth-order valence-electron chi connectivity index (χ4n) is 26.4. The molecule has 0 bridgehead atoms. The Morgan fingerprint density at radius 2 is 0.692 bits per heavy atom. The number of allylic oxidation sites excluding steroid dienone is 5. The Hall–Kier alpha value is -5.63. The number of hydrogen-bond acceptors (Lipinski definition) is 32. The number of β-amino-alcohol motifs (C(OH)–C–C–N with tert-alkyl or cyclic N) is 2. The Balaban J connectivity index is 0.000000137. The third-order valence-corrected chi connectivity index (χ3v) is 35.2. The Bertz CT molecular complexity index is 4620. The number of esters is 1. The number of carbonyl (C=O) groups excluding carboxylic acids is 5. The summed E-state index contributed by atoms with van der Waals surface area (Å²) >= 11 is 0. The highest BCUT2D eigenvalue weighted by Gasteiger charge is 2.78. The summed E-state index contributed by atoms with van der Waals surface area (Å²) in [5.74, 6) is -0.142. The standard InChI is InChI=1S/C24H39NO6.C23H38O7.C21H33NO7.2C21H33NO6/c1-15(2)9-10-18-23(5,31-18)20-19(28-6)16(11-12-24(20)14-29-24)30-21(26)25-13-7-8-17(25)22(3,4)27;1-16(2)8-9-18-22(3,30-18)21-20(26-5)17(10-11-23(21)15-28-23)29-19(24)7-6-12-27-14-13-25-4;1-12(2)5-6-15-20(3,29-15)17-16(26-4)14(7-9-21(17)11-27-21)28-19(25)22-10-8-13(23)18(22)24;1-13(2)6-7-15-20(4,28-15)17-16(25-5)14(8-9-21(17)12-26-21)27-18(23)22-10-19(3,24)11-22;1-13(2)5-6-16-20(3,28-16)18-17(25-4)15(7-9-21(18)12-26-21)27-19(24)22-10-8-14(23)11-22/h9,16-20,27H,7-8,10-14H2,1-6H3;8,17-18,20-21H,6-7,9-15H2,1-5H3;5,13-18,23-24H,6-11H2,1-4H3;6,14-17,24H,7-12H2,1-5H3;5,14-18,23H,6-12H2,1-4H3/t16-,17?,18-,19-,20-,23+,24?;17-,18-,20-,21-,22+,23?;13?,14-,15-,16-,17-,18?,20+,21?;14-,15-,16-,17-,20+,21?;14?,15-,16-,17-,18-,20+,21?/m11111/s1. The minimum Gasteiger partial charge on any atom is -0.460 e. The summed E-state index contributed by atoms with van der Waals surface area (Å²) in [5.41, 5.74) is 1.72. The van der Waals surface area contributed by atoms with Gasteiger partial charge in [-0.2, -0.15) is 0 Å². The monoisotopic (exact) mass is 2070 g/mol. The summed E-state index contributed by atoms with van der Waals surface area (Å²) in [6.07, 6.45) is 19.7. The summed E-state index contributed by atoms with van der Waals surface area (Å²) in [5, 5.41) is 49.8. The molecule has 5 aliphatic carbocycles. The first-order chi connectivity index (χ1) is 69.0. The minimum atomic E-state index is -1.22. The van der Waals surface area contributed by atoms with Crippen LogP contribution in [0.1, 0.15) is 259 Å². The molecule has 5 saturated carbocycles. The molecule has 14 saturated heterocycles. The predicted octanol–water partition coefficient (Wildman–Crippen LogP) is 12.6. The molecule has 19 fully saturated rings. The van der Waals surface area contributed by atoms with E-state index in [2.05, 4.69) is 134 Å². The lowest BCUT2D eigenvalue weighted by Gasteiger charge is -2.46. The lowest BCUT2D eigenvalue weighted by atomic mass is 9.68. The van der Waals surface area contributed by atoms with E-state index in [1.807, 2.05) is 0 Å². The van der Waals surface area contributed by atoms with Crippen LogP contribution in [0.15, 0.2) is 58.2 Å². The van der Waals surface area contributed by atoms with Crippen molar-refractivity contribution in [3.8, 4) is 0 Å². The molecule has 34 atom stereocenters. The number of carbonyl (C=O) groups is 5. The first-order valence-electron chi connectivity index (χ1n) is 54.0. The summed E-state index contributed by atoms with van der Waals surface area (Å²) in [7, 11) is 10.00. The average molecular weight is 2070 g/mol. The smallest absolute Gasteiger partial charge is 0.412 e. The van der Waals surface area contributed by atoms with E-state index in [0.717, 1.165) is 90.1 Å². The fourth-order valence-corrected chi connectivity index (χ4v) is 26.4. The van der Waals surface area contributed by atoms with Gasteiger partial charge in [0, 0.05) is 81.9 Å². The number of rotatable bonds is 33. The molecule has 9 unspecified atom stereocenters. The fraction of sp³-hybridized carbons (Fsp3) is 0.864. The van der Waals surface area contributed by atoms with Gasteiger partial charge in [-0.05, 0) is 253 Å². The highest BCUT2D eigenvalue weighted by atomic mass is 16.7. The molecule has 828 valence electrons. The minimum absolute atomic E-state index is 0.00997. The van der Waals surface area contributed by atoms with E-state index in [9.17, 15) is 49.5 Å². The van der Waals surface area contributed by atoms with Crippen LogP contribution in [-0.2, 0) is 109 Å². The van der Waals surface area contributed by atoms with Crippen LogP contribution in [0.25, 0.3) is 0 Å². The largest absolute Gasteiger partial charge is 0.460 e. The highest BCUT2D eigenvalue weighted by molar-refractivity contribution is 5.71. The molecule has 0 aromatic rings. The molecule has 0 aromatic heterocycles. The van der Waals surface area contributed by atoms with Crippen LogP contribution in [0.2, 0.25) is 0 Å². The van der Waals surface area contributed by atoms with E-state index >= 15 is 0 Å². The van der Waals surface area contributed by atoms with Gasteiger partial charge in [0.1, 0.15) is 123 Å². The maximum atomic E-state index is 13.1. The molecule has 5 spiro atoms. The Labute approximate surface area is 864 Å². The maximum absolute atomic E-state index is 13.1. The summed E-state index contributed by atoms with van der Waals surface area (Å²) in [6, 6.07) is -0.226. The van der Waals surface area contributed by atoms with Crippen LogP contribution in [0.5, 0.6) is 0 Å². The van der Waals surface area contributed by atoms with Crippen molar-refractivity contribution in [1.82, 2.24) is 19.6 Å². The van der Waals surface area contributed by atoms with Gasteiger partial charge in [-0.3, -0.25) is 9.69 Å². The van der Waals surface area contributed by atoms with Crippen molar-refractivity contribution in [2.75, 3.05) is 135 Å². The van der Waals surface area contributed by atoms with Crippen LogP contribution < -0.4 is 0 Å². The molecule has 0 radical (unpaired) electrons. The molecule has 19 aliphatic rings. The second kappa shape index (κ2) is 45.4. The van der Waals surface area contributed by atoms with Gasteiger partial charge in [0.2, 0.25) is 0 Å². The quantitative estimate of drug-likeness (QED) is 0.0134. The van der Waals surface area contributed by atoms with Gasteiger partial charge in [-0.25, -0.2) is 19.2 Å². The molecule has 36 nitrogen and oxygen atoms in total. The van der Waals surface area contributed by atoms with Crippen LogP contribution in [-0.4, -0.2) is 394 Å². The highest BCUT2D eigenvalue weighted by Crippen LogP contribution is 2.66. The Kier molecular flexibility index (Phi) is 35.6. The van der Waals surface area contributed by atoms with Gasteiger partial charge in [0.05, 0.1) is 143 Å². The van der Waals surface area contributed by atoms with Crippen molar-refractivity contribution in [2.45, 2.75) is 443 Å². The molecular weight excluding hydrogens is 1890 g/mol. The maximum Gasteiger partial charge on any atom is 0.412 e. The van der Waals surface area contributed by atoms with Crippen LogP contribution >= 0.6 is 0 Å². The zero-order chi connectivity index (χ0) is 106. The van der Waals surface area contributed by atoms with Crippen LogP contribution in [0.3, 0.4) is 0 Å². The van der Waals surface area contributed by atoms with Gasteiger partial charge in [0.15, 0.2) is 6.23 Å². The number of ether oxygens (including phenoxy) is 22. The van der Waals surface area contributed by atoms with Gasteiger partial charge in [-0.1, -0.05) is 58.2 Å². The van der Waals surface area contributed by atoms with Crippen molar-refractivity contribution in [2.24, 2.45) is 29.6 Å². The predicted molar refractivity (Wildman–Crippen MR) is 534 cm³/mol. The molecule has 4 amide bonds. The van der Waals surface area contributed by atoms with Crippen LogP contribution in [0.4, 0.5) is 19.2 Å². The van der Waals surface area contributed by atoms with Crippen molar-refractivity contribution in [3.63, 3.8) is 0 Å². The SMILES string of the molecule is COCCOCCCC(=O)O[C@@H]1CCC2(CO2)[C@@H]([C@@]2(C)O[C@@H]2CC=C(C)C)[C@@H]1OC.CO[C@@H]1[C@H](OC(=O)N2CC(C)(O)C2)CCC2(CO2)[C@H]1[C@@]1(C)O[C@@H]1CC=C(C)C.CO[C@@H]1[C@H](OC(=O)N2CCC(O)C2)CCC2(CO2)[C@H]1[C@@]1(C)O[C@@H]1CC=C(C)C.CO[C@@H]1[C@H](OC(=O)N2CCC(O)C2O)CCC2(CO2)[C@H]1[C@@]1(C)O[C@@H]1CC=C(C)C.CO[C@@H]1[C@H](OC(=O)N2CCCC2C(C)(C)O)CCC2(CO2)[C@H]1[C@@]1(C)O[C@@H]1CC=C(C)C. The third kappa shape index (κ3) is 25.3. The number of aliphatic hydroxyl groups is 5. The number of hydrogen-bond donors (Lipinski definition) is 5. The lowest BCUT2D eigenvalue weighted by Crippen LogP contribution is -2.63. The average Bonchev–Trinajstić information content (AvgIpc) is 1.55. The summed E-state index contributed by atoms with van der Waals surface area (Å²) < 4.78 is 130. The van der Waals surface area contributed by atoms with Crippen molar-refractivity contribution >= 4 is 30.3 Å². The van der Waals surface area contributed by atoms with Crippen molar-refractivity contribution in [3.05, 3.63) is 58.2 Å². The zero-order valence-electron chi connectivity index (χ0n) is 91.5. The second-order valence-electron chi connectivity index (χ2n) is 48.0.